The number of hydrogen-bond donors (Lipinski definition) is 1. The molecule has 0 radical (unpaired) electrons. The highest BCUT2D eigenvalue weighted by molar-refractivity contribution is 5.82. The smallest absolute Gasteiger partial charge is 0.326 e. The summed E-state index contributed by atoms with van der Waals surface area (Å²) >= 11 is 0. The number of carbonyl (C=O) groups excluding carboxylic acids is 1. The van der Waals surface area contributed by atoms with Crippen molar-refractivity contribution in [3.8, 4) is 0 Å². The Hall–Kier alpha value is -1.35. The number of nitrogens with two attached hydrogens (primary N) is 1. The summed E-state index contributed by atoms with van der Waals surface area (Å²) < 4.78 is 5.40. The molecule has 18 heavy (non-hydrogen) atoms. The first-order valence-corrected chi connectivity index (χ1v) is 6.70. The Balaban J connectivity index is 1.61. The van der Waals surface area contributed by atoms with Crippen LogP contribution in [0.4, 0.5) is 0 Å². The summed E-state index contributed by atoms with van der Waals surface area (Å²) in [6.07, 6.45) is 4.17. The number of hydrogen-bond acceptors (Lipinski definition) is 3. The first-order valence-electron chi connectivity index (χ1n) is 6.70. The summed E-state index contributed by atoms with van der Waals surface area (Å²) in [6.45, 7) is 0.329. The third kappa shape index (κ3) is 2.03. The molecular weight excluding hydrogens is 226 g/mol. The molecule has 3 unspecified atom stereocenters. The minimum atomic E-state index is -0.711. The molecule has 0 amide bonds. The Morgan fingerprint density at radius 2 is 2.17 bits per heavy atom. The molecule has 2 N–H and O–H groups in total. The van der Waals surface area contributed by atoms with Crippen molar-refractivity contribution in [1.29, 1.82) is 0 Å². The molecule has 0 saturated heterocycles. The fourth-order valence-electron chi connectivity index (χ4n) is 3.15. The van der Waals surface area contributed by atoms with Gasteiger partial charge in [-0.3, -0.25) is 4.79 Å². The minimum Gasteiger partial charge on any atom is -0.459 e. The van der Waals surface area contributed by atoms with E-state index >= 15 is 0 Å². The highest BCUT2D eigenvalue weighted by atomic mass is 16.5. The largest absolute Gasteiger partial charge is 0.459 e. The van der Waals surface area contributed by atoms with E-state index in [4.69, 9.17) is 10.5 Å². The van der Waals surface area contributed by atoms with Crippen LogP contribution in [0, 0.1) is 11.8 Å². The van der Waals surface area contributed by atoms with Gasteiger partial charge in [0, 0.05) is 0 Å². The molecule has 3 nitrogen and oxygen atoms in total. The summed E-state index contributed by atoms with van der Waals surface area (Å²) in [6, 6.07) is 9.75. The lowest BCUT2D eigenvalue weighted by Gasteiger charge is -2.30. The summed E-state index contributed by atoms with van der Waals surface area (Å²) in [5.41, 5.74) is 6.58. The van der Waals surface area contributed by atoms with Crippen molar-refractivity contribution >= 4 is 5.97 Å². The van der Waals surface area contributed by atoms with Crippen molar-refractivity contribution in [1.82, 2.24) is 0 Å². The standard InChI is InChI=1S/C15H19NO2/c16-15(8-4-7-12-9-13(12)15)14(17)18-10-11-5-2-1-3-6-11/h1-3,5-6,12-13H,4,7-10,16H2. The number of fused-ring (bicyclic) bond motifs is 1. The molecule has 2 aliphatic carbocycles. The lowest BCUT2D eigenvalue weighted by molar-refractivity contribution is -0.153. The van der Waals surface area contributed by atoms with E-state index in [0.29, 0.717) is 18.4 Å². The number of carbonyl (C=O) groups is 1. The number of ether oxygens (including phenoxy) is 1. The fourth-order valence-corrected chi connectivity index (χ4v) is 3.15. The van der Waals surface area contributed by atoms with Gasteiger partial charge in [0.25, 0.3) is 0 Å². The van der Waals surface area contributed by atoms with Crippen molar-refractivity contribution < 1.29 is 9.53 Å². The van der Waals surface area contributed by atoms with Gasteiger partial charge in [0.15, 0.2) is 0 Å². The van der Waals surface area contributed by atoms with Crippen molar-refractivity contribution in [3.05, 3.63) is 35.9 Å². The molecule has 0 aromatic heterocycles. The van der Waals surface area contributed by atoms with Crippen LogP contribution < -0.4 is 5.73 Å². The van der Waals surface area contributed by atoms with Crippen LogP contribution in [-0.4, -0.2) is 11.5 Å². The average Bonchev–Trinajstić information content (AvgIpc) is 3.18. The summed E-state index contributed by atoms with van der Waals surface area (Å²) in [5, 5.41) is 0. The molecule has 96 valence electrons. The lowest BCUT2D eigenvalue weighted by Crippen LogP contribution is -2.52. The number of rotatable bonds is 3. The molecule has 1 aromatic carbocycles. The summed E-state index contributed by atoms with van der Waals surface area (Å²) in [5.74, 6) is 0.834. The third-order valence-corrected chi connectivity index (χ3v) is 4.34. The van der Waals surface area contributed by atoms with Crippen LogP contribution in [0.5, 0.6) is 0 Å². The molecule has 2 fully saturated rings. The van der Waals surface area contributed by atoms with Gasteiger partial charge in [-0.1, -0.05) is 43.2 Å². The van der Waals surface area contributed by atoms with E-state index in [1.54, 1.807) is 0 Å². The second kappa shape index (κ2) is 4.39. The zero-order chi connectivity index (χ0) is 12.6. The Morgan fingerprint density at radius 3 is 2.94 bits per heavy atom. The maximum Gasteiger partial charge on any atom is 0.326 e. The topological polar surface area (TPSA) is 52.3 Å². The average molecular weight is 245 g/mol. The van der Waals surface area contributed by atoms with Gasteiger partial charge in [-0.2, -0.15) is 0 Å². The number of esters is 1. The number of benzene rings is 1. The van der Waals surface area contributed by atoms with Crippen molar-refractivity contribution in [2.45, 2.75) is 37.8 Å². The van der Waals surface area contributed by atoms with Crippen molar-refractivity contribution in [2.75, 3.05) is 0 Å². The fraction of sp³-hybridized carbons (Fsp3) is 0.533. The maximum atomic E-state index is 12.2. The quantitative estimate of drug-likeness (QED) is 0.831. The Bertz CT molecular complexity index is 445. The van der Waals surface area contributed by atoms with Gasteiger partial charge in [0.1, 0.15) is 12.1 Å². The van der Waals surface area contributed by atoms with Gasteiger partial charge >= 0.3 is 5.97 Å². The monoisotopic (exact) mass is 245 g/mol. The predicted octanol–water partition coefficient (Wildman–Crippen LogP) is 2.25. The van der Waals surface area contributed by atoms with E-state index < -0.39 is 5.54 Å². The summed E-state index contributed by atoms with van der Waals surface area (Å²) in [7, 11) is 0. The van der Waals surface area contributed by atoms with Crippen LogP contribution in [0.2, 0.25) is 0 Å². The van der Waals surface area contributed by atoms with Gasteiger partial charge in [-0.25, -0.2) is 0 Å². The summed E-state index contributed by atoms with van der Waals surface area (Å²) in [4.78, 5) is 12.2. The molecule has 2 aliphatic rings. The van der Waals surface area contributed by atoms with Gasteiger partial charge in [-0.05, 0) is 30.2 Å². The molecule has 0 bridgehead atoms. The normalized spacial score (nSPS) is 33.6. The Morgan fingerprint density at radius 1 is 1.39 bits per heavy atom. The zero-order valence-corrected chi connectivity index (χ0v) is 10.5. The van der Waals surface area contributed by atoms with Crippen molar-refractivity contribution in [2.24, 2.45) is 17.6 Å². The Labute approximate surface area is 107 Å². The zero-order valence-electron chi connectivity index (χ0n) is 10.5. The second-order valence-electron chi connectivity index (χ2n) is 5.60. The van der Waals surface area contributed by atoms with E-state index in [1.807, 2.05) is 30.3 Å². The molecule has 3 rings (SSSR count). The van der Waals surface area contributed by atoms with E-state index in [1.165, 1.54) is 6.42 Å². The van der Waals surface area contributed by atoms with Gasteiger partial charge < -0.3 is 10.5 Å². The molecule has 3 heteroatoms. The lowest BCUT2D eigenvalue weighted by atomic mass is 9.82. The predicted molar refractivity (Wildman–Crippen MR) is 68.6 cm³/mol. The van der Waals surface area contributed by atoms with Crippen LogP contribution in [-0.2, 0) is 16.1 Å². The minimum absolute atomic E-state index is 0.210. The van der Waals surface area contributed by atoms with Crippen LogP contribution >= 0.6 is 0 Å². The van der Waals surface area contributed by atoms with E-state index in [9.17, 15) is 4.79 Å². The Kier molecular flexibility index (Phi) is 2.86. The molecule has 3 atom stereocenters. The van der Waals surface area contributed by atoms with E-state index in [0.717, 1.165) is 24.8 Å². The highest BCUT2D eigenvalue weighted by Gasteiger charge is 2.57. The SMILES string of the molecule is NC1(C(=O)OCc2ccccc2)CCCC2CC21. The second-order valence-corrected chi connectivity index (χ2v) is 5.60. The van der Waals surface area contributed by atoms with Gasteiger partial charge in [-0.15, -0.1) is 0 Å². The molecule has 1 aromatic rings. The van der Waals surface area contributed by atoms with Crippen LogP contribution in [0.25, 0.3) is 0 Å². The molecule has 0 heterocycles. The van der Waals surface area contributed by atoms with E-state index in [2.05, 4.69) is 0 Å². The first kappa shape index (κ1) is 11.7. The molecule has 0 aliphatic heterocycles. The third-order valence-electron chi connectivity index (χ3n) is 4.34. The molecule has 0 spiro atoms. The van der Waals surface area contributed by atoms with E-state index in [-0.39, 0.29) is 5.97 Å². The molecule has 2 saturated carbocycles. The van der Waals surface area contributed by atoms with Crippen LogP contribution in [0.15, 0.2) is 30.3 Å². The highest BCUT2D eigenvalue weighted by Crippen LogP contribution is 2.54. The van der Waals surface area contributed by atoms with Crippen molar-refractivity contribution in [3.63, 3.8) is 0 Å². The van der Waals surface area contributed by atoms with Gasteiger partial charge in [0.2, 0.25) is 0 Å². The first-order chi connectivity index (χ1) is 8.70. The van der Waals surface area contributed by atoms with Crippen LogP contribution in [0.3, 0.4) is 0 Å². The van der Waals surface area contributed by atoms with Crippen LogP contribution in [0.1, 0.15) is 31.2 Å². The molecular formula is C15H19NO2. The van der Waals surface area contributed by atoms with Gasteiger partial charge in [0.05, 0.1) is 0 Å². The maximum absolute atomic E-state index is 12.2.